The van der Waals surface area contributed by atoms with Crippen LogP contribution in [0.2, 0.25) is 10.0 Å². The lowest BCUT2D eigenvalue weighted by Gasteiger charge is -2.33. The molecule has 0 aliphatic carbocycles. The number of halogens is 2. The first kappa shape index (κ1) is 30.5. The molecule has 0 aromatic heterocycles. The predicted octanol–water partition coefficient (Wildman–Crippen LogP) is 5.75. The summed E-state index contributed by atoms with van der Waals surface area (Å²) in [6, 6.07) is 17.5. The first-order valence-electron chi connectivity index (χ1n) is 12.7. The fraction of sp³-hybridized carbons (Fsp3) is 0.310. The average Bonchev–Trinajstić information content (AvgIpc) is 2.90. The SMILES string of the molecule is CCNC(=O)[C@@H](CC)N(Cc1ccccc1C)C(=O)CN(c1ccc(Cl)c(Cl)c1)S(=O)(=O)c1ccc(C)cc1. The second-order valence-corrected chi connectivity index (χ2v) is 11.9. The van der Waals surface area contributed by atoms with Crippen molar-refractivity contribution in [3.63, 3.8) is 0 Å². The molecule has 0 aliphatic rings. The molecule has 7 nitrogen and oxygen atoms in total. The minimum atomic E-state index is -4.19. The second-order valence-electron chi connectivity index (χ2n) is 9.19. The molecule has 1 N–H and O–H groups in total. The zero-order valence-electron chi connectivity index (χ0n) is 22.4. The highest BCUT2D eigenvalue weighted by Crippen LogP contribution is 2.31. The van der Waals surface area contributed by atoms with Crippen molar-refractivity contribution in [2.24, 2.45) is 0 Å². The summed E-state index contributed by atoms with van der Waals surface area (Å²) in [5.41, 5.74) is 2.88. The molecule has 3 rings (SSSR count). The number of nitrogens with one attached hydrogen (secondary N) is 1. The highest BCUT2D eigenvalue weighted by molar-refractivity contribution is 7.92. The molecule has 0 heterocycles. The third-order valence-electron chi connectivity index (χ3n) is 6.42. The molecular formula is C29H33Cl2N3O4S. The molecule has 0 unspecified atom stereocenters. The van der Waals surface area contributed by atoms with Crippen LogP contribution in [0, 0.1) is 13.8 Å². The van der Waals surface area contributed by atoms with Crippen LogP contribution in [-0.4, -0.2) is 44.3 Å². The van der Waals surface area contributed by atoms with Crippen LogP contribution in [0.5, 0.6) is 0 Å². The topological polar surface area (TPSA) is 86.8 Å². The molecule has 1 atom stereocenters. The lowest BCUT2D eigenvalue weighted by molar-refractivity contribution is -0.140. The van der Waals surface area contributed by atoms with Gasteiger partial charge in [-0.2, -0.15) is 0 Å². The third kappa shape index (κ3) is 7.32. The Morgan fingerprint density at radius 3 is 2.18 bits per heavy atom. The van der Waals surface area contributed by atoms with Crippen LogP contribution in [0.4, 0.5) is 5.69 Å². The summed E-state index contributed by atoms with van der Waals surface area (Å²) in [6.45, 7) is 7.40. The van der Waals surface area contributed by atoms with Crippen LogP contribution in [0.1, 0.15) is 37.0 Å². The molecule has 0 fully saturated rings. The summed E-state index contributed by atoms with van der Waals surface area (Å²) in [6.07, 6.45) is 0.348. The molecule has 208 valence electrons. The molecule has 0 spiro atoms. The van der Waals surface area contributed by atoms with E-state index in [1.54, 1.807) is 19.1 Å². The quantitative estimate of drug-likeness (QED) is 0.308. The summed E-state index contributed by atoms with van der Waals surface area (Å²) in [5, 5.41) is 3.20. The van der Waals surface area contributed by atoms with Gasteiger partial charge in [0.2, 0.25) is 11.8 Å². The van der Waals surface area contributed by atoms with Crippen molar-refractivity contribution < 1.29 is 18.0 Å². The van der Waals surface area contributed by atoms with Gasteiger partial charge in [-0.05, 0) is 68.7 Å². The van der Waals surface area contributed by atoms with Gasteiger partial charge < -0.3 is 10.2 Å². The molecule has 10 heteroatoms. The Hall–Kier alpha value is -3.07. The summed E-state index contributed by atoms with van der Waals surface area (Å²) in [5.74, 6) is -0.831. The van der Waals surface area contributed by atoms with Gasteiger partial charge in [0.1, 0.15) is 12.6 Å². The van der Waals surface area contributed by atoms with Crippen LogP contribution in [-0.2, 0) is 26.2 Å². The van der Waals surface area contributed by atoms with Gasteiger partial charge in [-0.3, -0.25) is 13.9 Å². The number of nitrogens with zero attached hydrogens (tertiary/aromatic N) is 2. The summed E-state index contributed by atoms with van der Waals surface area (Å²) >= 11 is 12.3. The van der Waals surface area contributed by atoms with Crippen LogP contribution in [0.25, 0.3) is 0 Å². The highest BCUT2D eigenvalue weighted by Gasteiger charge is 2.34. The number of carbonyl (C=O) groups excluding carboxylic acids is 2. The van der Waals surface area contributed by atoms with Crippen molar-refractivity contribution >= 4 is 50.7 Å². The Labute approximate surface area is 240 Å². The van der Waals surface area contributed by atoms with E-state index in [-0.39, 0.29) is 33.1 Å². The largest absolute Gasteiger partial charge is 0.355 e. The number of carbonyl (C=O) groups is 2. The van der Waals surface area contributed by atoms with E-state index in [9.17, 15) is 18.0 Å². The number of hydrogen-bond acceptors (Lipinski definition) is 4. The number of anilines is 1. The molecule has 39 heavy (non-hydrogen) atoms. The van der Waals surface area contributed by atoms with Gasteiger partial charge in [-0.15, -0.1) is 0 Å². The Morgan fingerprint density at radius 1 is 0.923 bits per heavy atom. The number of amides is 2. The molecule has 0 bridgehead atoms. The Bertz CT molecular complexity index is 1430. The lowest BCUT2D eigenvalue weighted by Crippen LogP contribution is -2.52. The van der Waals surface area contributed by atoms with Crippen molar-refractivity contribution in [2.45, 2.75) is 51.6 Å². The first-order valence-corrected chi connectivity index (χ1v) is 14.8. The molecule has 0 saturated carbocycles. The molecule has 0 saturated heterocycles. The van der Waals surface area contributed by atoms with E-state index in [1.807, 2.05) is 45.0 Å². The standard InChI is InChI=1S/C29H33Cl2N3O4S/c1-5-27(29(36)32-6-2)33(18-22-10-8-7-9-21(22)4)28(35)19-34(23-13-16-25(30)26(31)17-23)39(37,38)24-14-11-20(3)12-15-24/h7-17,27H,5-6,18-19H2,1-4H3,(H,32,36)/t27-/m1/s1. The van der Waals surface area contributed by atoms with E-state index in [0.717, 1.165) is 21.0 Å². The van der Waals surface area contributed by atoms with E-state index in [1.165, 1.54) is 35.2 Å². The van der Waals surface area contributed by atoms with Crippen molar-refractivity contribution in [1.82, 2.24) is 10.2 Å². The first-order chi connectivity index (χ1) is 18.5. The predicted molar refractivity (Wildman–Crippen MR) is 157 cm³/mol. The zero-order chi connectivity index (χ0) is 28.7. The fourth-order valence-electron chi connectivity index (χ4n) is 4.19. The van der Waals surface area contributed by atoms with Gasteiger partial charge in [-0.25, -0.2) is 8.42 Å². The molecule has 0 aliphatic heterocycles. The lowest BCUT2D eigenvalue weighted by atomic mass is 10.1. The van der Waals surface area contributed by atoms with E-state index in [4.69, 9.17) is 23.2 Å². The number of benzene rings is 3. The Kier molecular flexibility index (Phi) is 10.4. The number of likely N-dealkylation sites (N-methyl/N-ethyl adjacent to an activating group) is 1. The van der Waals surface area contributed by atoms with E-state index in [2.05, 4.69) is 5.32 Å². The van der Waals surface area contributed by atoms with Crippen LogP contribution in [0.15, 0.2) is 71.6 Å². The van der Waals surface area contributed by atoms with Gasteiger partial charge in [0.25, 0.3) is 10.0 Å². The summed E-state index contributed by atoms with van der Waals surface area (Å²) in [4.78, 5) is 28.5. The van der Waals surface area contributed by atoms with Gasteiger partial charge in [0.15, 0.2) is 0 Å². The van der Waals surface area contributed by atoms with Crippen molar-refractivity contribution in [3.8, 4) is 0 Å². The van der Waals surface area contributed by atoms with Crippen molar-refractivity contribution in [2.75, 3.05) is 17.4 Å². The summed E-state index contributed by atoms with van der Waals surface area (Å²) < 4.78 is 28.8. The van der Waals surface area contributed by atoms with E-state index < -0.39 is 28.5 Å². The van der Waals surface area contributed by atoms with Crippen LogP contribution < -0.4 is 9.62 Å². The molecule has 0 radical (unpaired) electrons. The van der Waals surface area contributed by atoms with Crippen molar-refractivity contribution in [1.29, 1.82) is 0 Å². The van der Waals surface area contributed by atoms with E-state index >= 15 is 0 Å². The number of hydrogen-bond donors (Lipinski definition) is 1. The Balaban J connectivity index is 2.10. The zero-order valence-corrected chi connectivity index (χ0v) is 24.8. The number of sulfonamides is 1. The molecular weight excluding hydrogens is 557 g/mol. The second kappa shape index (κ2) is 13.3. The average molecular weight is 591 g/mol. The third-order valence-corrected chi connectivity index (χ3v) is 8.94. The monoisotopic (exact) mass is 589 g/mol. The van der Waals surface area contributed by atoms with Gasteiger partial charge >= 0.3 is 0 Å². The minimum absolute atomic E-state index is 0.0215. The minimum Gasteiger partial charge on any atom is -0.355 e. The van der Waals surface area contributed by atoms with E-state index in [0.29, 0.717) is 13.0 Å². The maximum absolute atomic E-state index is 14.0. The number of rotatable bonds is 11. The molecule has 2 amide bonds. The maximum atomic E-state index is 14.0. The van der Waals surface area contributed by atoms with Crippen molar-refractivity contribution in [3.05, 3.63) is 93.5 Å². The van der Waals surface area contributed by atoms with Crippen LogP contribution >= 0.6 is 23.2 Å². The highest BCUT2D eigenvalue weighted by atomic mass is 35.5. The summed E-state index contributed by atoms with van der Waals surface area (Å²) in [7, 11) is -4.19. The molecule has 3 aromatic rings. The van der Waals surface area contributed by atoms with Gasteiger partial charge in [0.05, 0.1) is 20.6 Å². The van der Waals surface area contributed by atoms with Gasteiger partial charge in [-0.1, -0.05) is 72.1 Å². The fourth-order valence-corrected chi connectivity index (χ4v) is 5.89. The van der Waals surface area contributed by atoms with Crippen LogP contribution in [0.3, 0.4) is 0 Å². The maximum Gasteiger partial charge on any atom is 0.264 e. The smallest absolute Gasteiger partial charge is 0.264 e. The Morgan fingerprint density at radius 2 is 1.59 bits per heavy atom. The normalized spacial score (nSPS) is 12.1. The molecule has 3 aromatic carbocycles. The van der Waals surface area contributed by atoms with Gasteiger partial charge in [0, 0.05) is 13.1 Å². The number of aryl methyl sites for hydroxylation is 2.